The molecule has 1 aliphatic carbocycles. The third kappa shape index (κ3) is 5.43. The van der Waals surface area contributed by atoms with E-state index in [0.29, 0.717) is 18.0 Å². The lowest BCUT2D eigenvalue weighted by atomic mass is 9.84. The lowest BCUT2D eigenvalue weighted by Gasteiger charge is -2.31. The smallest absolute Gasteiger partial charge is 0.220 e. The minimum absolute atomic E-state index is 0. The van der Waals surface area contributed by atoms with E-state index in [0.717, 1.165) is 19.3 Å². The summed E-state index contributed by atoms with van der Waals surface area (Å²) in [5.41, 5.74) is 6.43. The van der Waals surface area contributed by atoms with Crippen molar-refractivity contribution in [2.24, 2.45) is 11.7 Å². The van der Waals surface area contributed by atoms with Gasteiger partial charge in [0.05, 0.1) is 0 Å². The second-order valence-electron chi connectivity index (χ2n) is 5.74. The molecule has 0 saturated heterocycles. The monoisotopic (exact) mass is 324 g/mol. The molecule has 3 N–H and O–H groups in total. The molecule has 0 aliphatic heterocycles. The van der Waals surface area contributed by atoms with Crippen LogP contribution in [0, 0.1) is 5.92 Å². The van der Waals surface area contributed by atoms with E-state index in [1.54, 1.807) is 12.1 Å². The van der Waals surface area contributed by atoms with Crippen molar-refractivity contribution in [3.63, 3.8) is 0 Å². The first-order valence-corrected chi connectivity index (χ1v) is 7.78. The molecule has 1 saturated carbocycles. The Kier molecular flexibility index (Phi) is 8.13. The normalized spacial score (nSPS) is 20.8. The SMILES string of the molecule is Cl.NCC1CCCCC1NC(=O)CCC(=O)c1ccccc1. The van der Waals surface area contributed by atoms with Crippen molar-refractivity contribution < 1.29 is 9.59 Å². The van der Waals surface area contributed by atoms with Crippen molar-refractivity contribution in [2.45, 2.75) is 44.6 Å². The molecule has 0 heterocycles. The maximum absolute atomic E-state index is 12.0. The number of carbonyl (C=O) groups excluding carboxylic acids is 2. The zero-order valence-corrected chi connectivity index (χ0v) is 13.6. The number of halogens is 1. The van der Waals surface area contributed by atoms with E-state index in [4.69, 9.17) is 5.73 Å². The molecule has 0 spiro atoms. The van der Waals surface area contributed by atoms with E-state index in [1.165, 1.54) is 6.42 Å². The van der Waals surface area contributed by atoms with E-state index < -0.39 is 0 Å². The summed E-state index contributed by atoms with van der Waals surface area (Å²) in [6, 6.07) is 9.29. The summed E-state index contributed by atoms with van der Waals surface area (Å²) < 4.78 is 0. The van der Waals surface area contributed by atoms with Crippen LogP contribution in [-0.2, 0) is 4.79 Å². The Labute approximate surface area is 138 Å². The first kappa shape index (κ1) is 18.7. The third-order valence-electron chi connectivity index (χ3n) is 4.23. The molecular weight excluding hydrogens is 300 g/mol. The zero-order valence-electron chi connectivity index (χ0n) is 12.8. The largest absolute Gasteiger partial charge is 0.353 e. The minimum atomic E-state index is -0.0374. The Bertz CT molecular complexity index is 479. The van der Waals surface area contributed by atoms with Gasteiger partial charge in [-0.2, -0.15) is 0 Å². The molecule has 1 fully saturated rings. The van der Waals surface area contributed by atoms with Crippen LogP contribution in [0.2, 0.25) is 0 Å². The number of hydrogen-bond donors (Lipinski definition) is 2. The number of nitrogens with one attached hydrogen (secondary N) is 1. The molecule has 2 rings (SSSR count). The minimum Gasteiger partial charge on any atom is -0.353 e. The van der Waals surface area contributed by atoms with Crippen molar-refractivity contribution in [1.82, 2.24) is 5.32 Å². The Balaban J connectivity index is 0.00000242. The summed E-state index contributed by atoms with van der Waals surface area (Å²) in [4.78, 5) is 24.0. The fourth-order valence-electron chi connectivity index (χ4n) is 2.95. The summed E-state index contributed by atoms with van der Waals surface area (Å²) in [5, 5.41) is 3.06. The number of nitrogens with two attached hydrogens (primary N) is 1. The Morgan fingerprint density at radius 3 is 2.45 bits per heavy atom. The summed E-state index contributed by atoms with van der Waals surface area (Å²) >= 11 is 0. The van der Waals surface area contributed by atoms with Gasteiger partial charge in [-0.15, -0.1) is 12.4 Å². The van der Waals surface area contributed by atoms with Crippen LogP contribution in [0.4, 0.5) is 0 Å². The van der Waals surface area contributed by atoms with E-state index >= 15 is 0 Å². The van der Waals surface area contributed by atoms with Gasteiger partial charge in [0.2, 0.25) is 5.91 Å². The molecule has 1 aliphatic rings. The highest BCUT2D eigenvalue weighted by molar-refractivity contribution is 5.97. The van der Waals surface area contributed by atoms with Crippen LogP contribution >= 0.6 is 12.4 Å². The number of ketones is 1. The van der Waals surface area contributed by atoms with E-state index in [1.807, 2.05) is 18.2 Å². The number of hydrogen-bond acceptors (Lipinski definition) is 3. The molecule has 4 nitrogen and oxygen atoms in total. The summed E-state index contributed by atoms with van der Waals surface area (Å²) in [6.45, 7) is 0.619. The van der Waals surface area contributed by atoms with Crippen molar-refractivity contribution in [2.75, 3.05) is 6.54 Å². The fraction of sp³-hybridized carbons (Fsp3) is 0.529. The summed E-state index contributed by atoms with van der Waals surface area (Å²) in [6.07, 6.45) is 4.94. The molecule has 5 heteroatoms. The Hall–Kier alpha value is -1.39. The highest BCUT2D eigenvalue weighted by atomic mass is 35.5. The topological polar surface area (TPSA) is 72.2 Å². The zero-order chi connectivity index (χ0) is 15.1. The first-order chi connectivity index (χ1) is 10.2. The van der Waals surface area contributed by atoms with Crippen molar-refractivity contribution in [3.8, 4) is 0 Å². The summed E-state index contributed by atoms with van der Waals surface area (Å²) in [7, 11) is 0. The molecule has 1 amide bonds. The van der Waals surface area contributed by atoms with Crippen LogP contribution in [0.1, 0.15) is 48.9 Å². The van der Waals surface area contributed by atoms with Gasteiger partial charge in [0.25, 0.3) is 0 Å². The van der Waals surface area contributed by atoms with Crippen LogP contribution in [0.3, 0.4) is 0 Å². The highest BCUT2D eigenvalue weighted by Gasteiger charge is 2.25. The molecule has 0 radical (unpaired) electrons. The highest BCUT2D eigenvalue weighted by Crippen LogP contribution is 2.23. The molecule has 0 bridgehead atoms. The predicted molar refractivity (Wildman–Crippen MR) is 90.2 cm³/mol. The Morgan fingerprint density at radius 2 is 1.77 bits per heavy atom. The van der Waals surface area contributed by atoms with Gasteiger partial charge >= 0.3 is 0 Å². The van der Waals surface area contributed by atoms with Crippen LogP contribution in [-0.4, -0.2) is 24.3 Å². The standard InChI is InChI=1S/C17H24N2O2.ClH/c18-12-14-8-4-5-9-15(14)19-17(21)11-10-16(20)13-6-2-1-3-7-13;/h1-3,6-7,14-15H,4-5,8-12,18H2,(H,19,21);1H. The molecule has 22 heavy (non-hydrogen) atoms. The molecule has 2 atom stereocenters. The van der Waals surface area contributed by atoms with Gasteiger partial charge in [-0.25, -0.2) is 0 Å². The maximum Gasteiger partial charge on any atom is 0.220 e. The average Bonchev–Trinajstić information content (AvgIpc) is 2.54. The first-order valence-electron chi connectivity index (χ1n) is 7.78. The second-order valence-corrected chi connectivity index (χ2v) is 5.74. The van der Waals surface area contributed by atoms with Gasteiger partial charge < -0.3 is 11.1 Å². The fourth-order valence-corrected chi connectivity index (χ4v) is 2.95. The van der Waals surface area contributed by atoms with E-state index in [-0.39, 0.29) is 43.0 Å². The lowest BCUT2D eigenvalue weighted by molar-refractivity contribution is -0.122. The maximum atomic E-state index is 12.0. The summed E-state index contributed by atoms with van der Waals surface area (Å²) in [5.74, 6) is 0.363. The van der Waals surface area contributed by atoms with Gasteiger partial charge in [0.15, 0.2) is 5.78 Å². The van der Waals surface area contributed by atoms with Gasteiger partial charge in [-0.3, -0.25) is 9.59 Å². The predicted octanol–water partition coefficient (Wildman–Crippen LogP) is 2.71. The van der Waals surface area contributed by atoms with Crippen LogP contribution in [0.25, 0.3) is 0 Å². The molecule has 1 aromatic rings. The van der Waals surface area contributed by atoms with Crippen molar-refractivity contribution in [1.29, 1.82) is 0 Å². The number of carbonyl (C=O) groups is 2. The van der Waals surface area contributed by atoms with E-state index in [2.05, 4.69) is 5.32 Å². The number of Topliss-reactive ketones (excluding diaryl/α,β-unsaturated/α-hetero) is 1. The van der Waals surface area contributed by atoms with Gasteiger partial charge in [0, 0.05) is 24.4 Å². The number of benzene rings is 1. The second kappa shape index (κ2) is 9.59. The lowest BCUT2D eigenvalue weighted by Crippen LogP contribution is -2.44. The van der Waals surface area contributed by atoms with Crippen LogP contribution in [0.15, 0.2) is 30.3 Å². The average molecular weight is 325 g/mol. The molecule has 1 aromatic carbocycles. The number of amides is 1. The molecule has 0 aromatic heterocycles. The molecule has 122 valence electrons. The Morgan fingerprint density at radius 1 is 1.09 bits per heavy atom. The van der Waals surface area contributed by atoms with Gasteiger partial charge in [-0.1, -0.05) is 43.2 Å². The quantitative estimate of drug-likeness (QED) is 0.790. The molecular formula is C17H25ClN2O2. The van der Waals surface area contributed by atoms with Crippen molar-refractivity contribution in [3.05, 3.63) is 35.9 Å². The van der Waals surface area contributed by atoms with Crippen LogP contribution in [0.5, 0.6) is 0 Å². The van der Waals surface area contributed by atoms with Gasteiger partial charge in [0.1, 0.15) is 0 Å². The van der Waals surface area contributed by atoms with E-state index in [9.17, 15) is 9.59 Å². The van der Waals surface area contributed by atoms with Crippen LogP contribution < -0.4 is 11.1 Å². The molecule has 2 unspecified atom stereocenters. The van der Waals surface area contributed by atoms with Gasteiger partial charge in [-0.05, 0) is 25.3 Å². The third-order valence-corrected chi connectivity index (χ3v) is 4.23. The van der Waals surface area contributed by atoms with Crippen molar-refractivity contribution >= 4 is 24.1 Å². The number of rotatable bonds is 6.